The normalized spacial score (nSPS) is 25.9. The summed E-state index contributed by atoms with van der Waals surface area (Å²) < 4.78 is 16.3. The van der Waals surface area contributed by atoms with Crippen LogP contribution in [0, 0.1) is 6.92 Å². The van der Waals surface area contributed by atoms with Crippen LogP contribution in [0.4, 0.5) is 0 Å². The Morgan fingerprint density at radius 1 is 1.30 bits per heavy atom. The molecule has 20 heavy (non-hydrogen) atoms. The van der Waals surface area contributed by atoms with Crippen molar-refractivity contribution in [2.24, 2.45) is 0 Å². The van der Waals surface area contributed by atoms with Gasteiger partial charge >= 0.3 is 0 Å². The molecule has 0 N–H and O–H groups in total. The topological polar surface area (TPSA) is 60.6 Å². The summed E-state index contributed by atoms with van der Waals surface area (Å²) in [6, 6.07) is 0.669. The highest BCUT2D eigenvalue weighted by Crippen LogP contribution is 2.21. The summed E-state index contributed by atoms with van der Waals surface area (Å²) in [5, 5.41) is 3.87. The zero-order valence-electron chi connectivity index (χ0n) is 12.1. The number of hydrogen-bond acceptors (Lipinski definition) is 6. The highest BCUT2D eigenvalue weighted by atomic mass is 16.5. The smallest absolute Gasteiger partial charge is 0.223 e. The number of piperidine rings is 1. The van der Waals surface area contributed by atoms with E-state index in [0.717, 1.165) is 39.0 Å². The van der Waals surface area contributed by atoms with Crippen molar-refractivity contribution < 1.29 is 14.0 Å². The van der Waals surface area contributed by atoms with Crippen LogP contribution in [-0.2, 0) is 16.1 Å². The Kier molecular flexibility index (Phi) is 4.65. The second kappa shape index (κ2) is 6.65. The van der Waals surface area contributed by atoms with E-state index in [1.807, 2.05) is 0 Å². The fourth-order valence-corrected chi connectivity index (χ4v) is 3.08. The summed E-state index contributed by atoms with van der Waals surface area (Å²) in [6.07, 6.45) is 4.91. The average molecular weight is 281 g/mol. The summed E-state index contributed by atoms with van der Waals surface area (Å²) in [5.41, 5.74) is 0. The van der Waals surface area contributed by atoms with Gasteiger partial charge in [0.1, 0.15) is 6.61 Å². The molecule has 0 aliphatic carbocycles. The Balaban J connectivity index is 1.47. The molecule has 112 valence electrons. The number of likely N-dealkylation sites (tertiary alicyclic amines) is 1. The van der Waals surface area contributed by atoms with Gasteiger partial charge in [-0.05, 0) is 32.2 Å². The Hall–Kier alpha value is -0.980. The molecule has 1 atom stereocenters. The molecule has 2 aliphatic rings. The van der Waals surface area contributed by atoms with Gasteiger partial charge in [-0.25, -0.2) is 0 Å². The van der Waals surface area contributed by atoms with Crippen molar-refractivity contribution in [3.8, 4) is 0 Å². The van der Waals surface area contributed by atoms with E-state index in [2.05, 4.69) is 15.0 Å². The number of rotatable bonds is 4. The molecule has 6 nitrogen and oxygen atoms in total. The molecule has 0 spiro atoms. The number of aryl methyl sites for hydroxylation is 1. The number of ether oxygens (including phenoxy) is 2. The first kappa shape index (κ1) is 14.0. The van der Waals surface area contributed by atoms with Crippen molar-refractivity contribution in [1.82, 2.24) is 15.0 Å². The molecule has 6 heteroatoms. The van der Waals surface area contributed by atoms with Crippen LogP contribution < -0.4 is 0 Å². The van der Waals surface area contributed by atoms with E-state index in [1.165, 1.54) is 13.0 Å². The third-order valence-electron chi connectivity index (χ3n) is 4.13. The largest absolute Gasteiger partial charge is 0.381 e. The van der Waals surface area contributed by atoms with Crippen molar-refractivity contribution in [2.45, 2.75) is 51.4 Å². The third-order valence-corrected chi connectivity index (χ3v) is 4.13. The maximum absolute atomic E-state index is 5.95. The van der Waals surface area contributed by atoms with E-state index in [9.17, 15) is 0 Å². The molecule has 2 fully saturated rings. The maximum atomic E-state index is 5.95. The predicted octanol–water partition coefficient (Wildman–Crippen LogP) is 1.54. The van der Waals surface area contributed by atoms with E-state index in [-0.39, 0.29) is 6.10 Å². The van der Waals surface area contributed by atoms with Crippen LogP contribution in [0.15, 0.2) is 4.52 Å². The fraction of sp³-hybridized carbons (Fsp3) is 0.857. The highest BCUT2D eigenvalue weighted by Gasteiger charge is 2.27. The molecule has 0 bridgehead atoms. The molecule has 1 aromatic rings. The summed E-state index contributed by atoms with van der Waals surface area (Å²) in [7, 11) is 0. The minimum absolute atomic E-state index is 0.283. The van der Waals surface area contributed by atoms with Gasteiger partial charge < -0.3 is 14.0 Å². The van der Waals surface area contributed by atoms with Gasteiger partial charge in [-0.3, -0.25) is 4.90 Å². The number of nitrogens with zero attached hydrogens (tertiary/aromatic N) is 3. The van der Waals surface area contributed by atoms with Gasteiger partial charge in [0.2, 0.25) is 5.89 Å². The van der Waals surface area contributed by atoms with E-state index in [0.29, 0.717) is 24.4 Å². The molecule has 1 unspecified atom stereocenters. The second-order valence-corrected chi connectivity index (χ2v) is 5.64. The molecule has 2 saturated heterocycles. The van der Waals surface area contributed by atoms with Crippen LogP contribution in [0.3, 0.4) is 0 Å². The second-order valence-electron chi connectivity index (χ2n) is 5.64. The molecule has 0 aromatic carbocycles. The lowest BCUT2D eigenvalue weighted by molar-refractivity contribution is -0.0420. The van der Waals surface area contributed by atoms with Crippen LogP contribution in [0.1, 0.15) is 37.4 Å². The molecular formula is C14H23N3O3. The van der Waals surface area contributed by atoms with Gasteiger partial charge in [-0.15, -0.1) is 0 Å². The van der Waals surface area contributed by atoms with Gasteiger partial charge in [-0.2, -0.15) is 4.98 Å². The van der Waals surface area contributed by atoms with Gasteiger partial charge in [0.05, 0.1) is 6.10 Å². The molecule has 0 saturated carbocycles. The number of hydrogen-bond donors (Lipinski definition) is 0. The standard InChI is InChI=1S/C14H23N3O3/c1-11-15-14(16-20-11)10-19-13-3-2-6-17(9-13)12-4-7-18-8-5-12/h12-13H,2-10H2,1H3. The Morgan fingerprint density at radius 2 is 2.15 bits per heavy atom. The van der Waals surface area contributed by atoms with Gasteiger partial charge in [0.25, 0.3) is 0 Å². The lowest BCUT2D eigenvalue weighted by Gasteiger charge is -2.39. The summed E-state index contributed by atoms with van der Waals surface area (Å²) >= 11 is 0. The van der Waals surface area contributed by atoms with Crippen LogP contribution in [0.5, 0.6) is 0 Å². The Labute approximate surface area is 119 Å². The maximum Gasteiger partial charge on any atom is 0.223 e. The SMILES string of the molecule is Cc1nc(COC2CCCN(C3CCOCC3)C2)no1. The quantitative estimate of drug-likeness (QED) is 0.834. The van der Waals surface area contributed by atoms with Crippen LogP contribution in [0.2, 0.25) is 0 Å². The Bertz CT molecular complexity index is 418. The van der Waals surface area contributed by atoms with Crippen molar-refractivity contribution >= 4 is 0 Å². The van der Waals surface area contributed by atoms with Gasteiger partial charge in [0.15, 0.2) is 5.82 Å². The van der Waals surface area contributed by atoms with E-state index in [1.54, 1.807) is 6.92 Å². The highest BCUT2D eigenvalue weighted by molar-refractivity contribution is 4.84. The minimum atomic E-state index is 0.283. The Morgan fingerprint density at radius 3 is 2.90 bits per heavy atom. The molecule has 3 rings (SSSR count). The van der Waals surface area contributed by atoms with Crippen LogP contribution in [0.25, 0.3) is 0 Å². The molecule has 0 amide bonds. The monoisotopic (exact) mass is 281 g/mol. The van der Waals surface area contributed by atoms with Gasteiger partial charge in [-0.1, -0.05) is 5.16 Å². The molecule has 1 aromatic heterocycles. The summed E-state index contributed by atoms with van der Waals surface area (Å²) in [5.74, 6) is 1.24. The van der Waals surface area contributed by atoms with E-state index < -0.39 is 0 Å². The van der Waals surface area contributed by atoms with Crippen LogP contribution >= 0.6 is 0 Å². The zero-order chi connectivity index (χ0) is 13.8. The van der Waals surface area contributed by atoms with Gasteiger partial charge in [0, 0.05) is 32.7 Å². The third kappa shape index (κ3) is 3.56. The molecule has 0 radical (unpaired) electrons. The van der Waals surface area contributed by atoms with E-state index >= 15 is 0 Å². The predicted molar refractivity (Wildman–Crippen MR) is 72.3 cm³/mol. The molecule has 2 aliphatic heterocycles. The number of aromatic nitrogens is 2. The first-order valence-corrected chi connectivity index (χ1v) is 7.54. The zero-order valence-corrected chi connectivity index (χ0v) is 12.1. The van der Waals surface area contributed by atoms with Crippen molar-refractivity contribution in [3.05, 3.63) is 11.7 Å². The average Bonchev–Trinajstić information content (AvgIpc) is 2.92. The fourth-order valence-electron chi connectivity index (χ4n) is 3.08. The van der Waals surface area contributed by atoms with E-state index in [4.69, 9.17) is 14.0 Å². The molecule has 3 heterocycles. The minimum Gasteiger partial charge on any atom is -0.381 e. The molecular weight excluding hydrogens is 258 g/mol. The first-order valence-electron chi connectivity index (χ1n) is 7.54. The van der Waals surface area contributed by atoms with Crippen molar-refractivity contribution in [1.29, 1.82) is 0 Å². The van der Waals surface area contributed by atoms with Crippen molar-refractivity contribution in [2.75, 3.05) is 26.3 Å². The van der Waals surface area contributed by atoms with Crippen LogP contribution in [-0.4, -0.2) is 53.5 Å². The van der Waals surface area contributed by atoms with Crippen molar-refractivity contribution in [3.63, 3.8) is 0 Å². The summed E-state index contributed by atoms with van der Waals surface area (Å²) in [6.45, 7) is 6.24. The lowest BCUT2D eigenvalue weighted by atomic mass is 10.0. The lowest BCUT2D eigenvalue weighted by Crippen LogP contribution is -2.47. The first-order chi connectivity index (χ1) is 9.81. The summed E-state index contributed by atoms with van der Waals surface area (Å²) in [4.78, 5) is 6.74.